The summed E-state index contributed by atoms with van der Waals surface area (Å²) in [4.78, 5) is 4.41. The van der Waals surface area contributed by atoms with Crippen LogP contribution in [0, 0.1) is 11.3 Å². The topological polar surface area (TPSA) is 48.7 Å². The second-order valence-corrected chi connectivity index (χ2v) is 7.76. The molecule has 0 radical (unpaired) electrons. The van der Waals surface area contributed by atoms with E-state index in [1.807, 2.05) is 30.3 Å². The predicted molar refractivity (Wildman–Crippen MR) is 109 cm³/mol. The summed E-state index contributed by atoms with van der Waals surface area (Å²) in [6.45, 7) is 0. The van der Waals surface area contributed by atoms with Gasteiger partial charge in [-0.05, 0) is 30.3 Å². The maximum atomic E-state index is 13.2. The molecular weight excluding hydrogens is 475 g/mol. The van der Waals surface area contributed by atoms with E-state index >= 15 is 0 Å². The van der Waals surface area contributed by atoms with Gasteiger partial charge in [0.15, 0.2) is 0 Å². The molecule has 0 saturated carbocycles. The maximum absolute atomic E-state index is 13.2. The number of nitriles is 1. The third kappa shape index (κ3) is 4.73. The average molecular weight is 485 g/mol. The molecule has 0 aliphatic carbocycles. The normalized spacial score (nSPS) is 11.9. The highest BCUT2D eigenvalue weighted by molar-refractivity contribution is 9.10. The zero-order valence-corrected chi connectivity index (χ0v) is 17.0. The molecule has 9 heteroatoms. The van der Waals surface area contributed by atoms with Crippen molar-refractivity contribution in [2.24, 2.45) is 0 Å². The minimum atomic E-state index is -4.58. The summed E-state index contributed by atoms with van der Waals surface area (Å²) >= 11 is 10.3. The molecule has 0 aliphatic heterocycles. The highest BCUT2D eigenvalue weighted by atomic mass is 79.9. The number of aromatic nitrogens is 1. The Labute approximate surface area is 176 Å². The number of alkyl halides is 3. The van der Waals surface area contributed by atoms with E-state index in [1.54, 1.807) is 5.38 Å². The number of nitrogens with one attached hydrogen (secondary N) is 1. The summed E-state index contributed by atoms with van der Waals surface area (Å²) in [7, 11) is 0. The predicted octanol–water partition coefficient (Wildman–Crippen LogP) is 7.22. The Morgan fingerprint density at radius 3 is 2.57 bits per heavy atom. The van der Waals surface area contributed by atoms with Crippen molar-refractivity contribution < 1.29 is 13.2 Å². The number of rotatable bonds is 4. The number of nitrogens with zero attached hydrogens (tertiary/aromatic N) is 2. The van der Waals surface area contributed by atoms with Crippen molar-refractivity contribution in [3.8, 4) is 17.3 Å². The van der Waals surface area contributed by atoms with Crippen molar-refractivity contribution in [3.05, 3.63) is 74.1 Å². The summed E-state index contributed by atoms with van der Waals surface area (Å²) in [5.41, 5.74) is 0.554. The van der Waals surface area contributed by atoms with E-state index in [2.05, 4.69) is 26.2 Å². The van der Waals surface area contributed by atoms with Crippen LogP contribution >= 0.6 is 38.9 Å². The SMILES string of the molecule is N#C/C(=C\Nc1ccc(Cl)cc1C(F)(F)F)c1nc(-c2ccc(Br)cc2)cs1. The number of halogens is 5. The average Bonchev–Trinajstić information content (AvgIpc) is 3.13. The quantitative estimate of drug-likeness (QED) is 0.398. The van der Waals surface area contributed by atoms with Crippen LogP contribution in [0.2, 0.25) is 5.02 Å². The monoisotopic (exact) mass is 483 g/mol. The van der Waals surface area contributed by atoms with Crippen LogP contribution in [0.1, 0.15) is 10.6 Å². The molecule has 0 amide bonds. The Hall–Kier alpha value is -2.34. The van der Waals surface area contributed by atoms with Crippen molar-refractivity contribution in [1.29, 1.82) is 5.26 Å². The molecule has 2 aromatic carbocycles. The van der Waals surface area contributed by atoms with E-state index in [4.69, 9.17) is 11.6 Å². The molecule has 0 saturated heterocycles. The number of thiazole rings is 1. The Balaban J connectivity index is 1.88. The molecule has 0 aliphatic rings. The fourth-order valence-corrected chi connectivity index (χ4v) is 3.55. The third-order valence-corrected chi connectivity index (χ3v) is 5.29. The highest BCUT2D eigenvalue weighted by Gasteiger charge is 2.33. The van der Waals surface area contributed by atoms with Gasteiger partial charge in [0.05, 0.1) is 16.9 Å². The van der Waals surface area contributed by atoms with Gasteiger partial charge in [-0.1, -0.05) is 39.7 Å². The molecular formula is C19H10BrClF3N3S. The second kappa shape index (κ2) is 8.35. The van der Waals surface area contributed by atoms with Crippen LogP contribution in [-0.2, 0) is 6.18 Å². The van der Waals surface area contributed by atoms with Crippen LogP contribution in [0.4, 0.5) is 18.9 Å². The molecule has 0 fully saturated rings. The highest BCUT2D eigenvalue weighted by Crippen LogP contribution is 2.37. The van der Waals surface area contributed by atoms with Crippen LogP contribution in [0.25, 0.3) is 16.8 Å². The number of hydrogen-bond acceptors (Lipinski definition) is 4. The van der Waals surface area contributed by atoms with Crippen LogP contribution in [-0.4, -0.2) is 4.98 Å². The van der Waals surface area contributed by atoms with Crippen molar-refractivity contribution >= 4 is 50.1 Å². The van der Waals surface area contributed by atoms with Gasteiger partial charge in [-0.25, -0.2) is 4.98 Å². The smallest absolute Gasteiger partial charge is 0.360 e. The standard InChI is InChI=1S/C19H10BrClF3N3S/c20-13-3-1-11(2-4-13)17-10-28-18(27-17)12(8-25)9-26-16-6-5-14(21)7-15(16)19(22,23)24/h1-7,9-10,26H/b12-9+. The fourth-order valence-electron chi connectivity index (χ4n) is 2.32. The first-order valence-electron chi connectivity index (χ1n) is 7.73. The van der Waals surface area contributed by atoms with Gasteiger partial charge in [-0.3, -0.25) is 0 Å². The van der Waals surface area contributed by atoms with Gasteiger partial charge in [0.25, 0.3) is 0 Å². The van der Waals surface area contributed by atoms with E-state index in [0.29, 0.717) is 10.7 Å². The minimum Gasteiger partial charge on any atom is -0.360 e. The van der Waals surface area contributed by atoms with E-state index < -0.39 is 11.7 Å². The van der Waals surface area contributed by atoms with Gasteiger partial charge < -0.3 is 5.32 Å². The van der Waals surface area contributed by atoms with Crippen molar-refractivity contribution in [2.45, 2.75) is 6.18 Å². The Morgan fingerprint density at radius 1 is 1.21 bits per heavy atom. The molecule has 3 aromatic rings. The molecule has 0 unspecified atom stereocenters. The molecule has 142 valence electrons. The molecule has 1 N–H and O–H groups in total. The van der Waals surface area contributed by atoms with Crippen molar-refractivity contribution in [1.82, 2.24) is 4.98 Å². The molecule has 0 spiro atoms. The maximum Gasteiger partial charge on any atom is 0.418 e. The lowest BCUT2D eigenvalue weighted by molar-refractivity contribution is -0.136. The number of hydrogen-bond donors (Lipinski definition) is 1. The minimum absolute atomic E-state index is 0.0265. The lowest BCUT2D eigenvalue weighted by Crippen LogP contribution is -2.08. The van der Waals surface area contributed by atoms with Gasteiger partial charge in [-0.2, -0.15) is 18.4 Å². The Bertz CT molecular complexity index is 1070. The Morgan fingerprint density at radius 2 is 1.93 bits per heavy atom. The molecule has 3 nitrogen and oxygen atoms in total. The van der Waals surface area contributed by atoms with Crippen LogP contribution in [0.3, 0.4) is 0 Å². The zero-order valence-electron chi connectivity index (χ0n) is 13.9. The van der Waals surface area contributed by atoms with Crippen molar-refractivity contribution in [3.63, 3.8) is 0 Å². The summed E-state index contributed by atoms with van der Waals surface area (Å²) in [5, 5.41) is 14.1. The van der Waals surface area contributed by atoms with Crippen LogP contribution < -0.4 is 5.32 Å². The first kappa shape index (κ1) is 20.4. The van der Waals surface area contributed by atoms with E-state index in [9.17, 15) is 18.4 Å². The molecule has 1 aromatic heterocycles. The van der Waals surface area contributed by atoms with Gasteiger partial charge in [0, 0.05) is 26.6 Å². The van der Waals surface area contributed by atoms with Crippen molar-refractivity contribution in [2.75, 3.05) is 5.32 Å². The van der Waals surface area contributed by atoms with Gasteiger partial charge in [0.1, 0.15) is 16.6 Å². The second-order valence-electron chi connectivity index (χ2n) is 5.55. The van der Waals surface area contributed by atoms with E-state index in [-0.39, 0.29) is 16.3 Å². The van der Waals surface area contributed by atoms with Gasteiger partial charge in [-0.15, -0.1) is 11.3 Å². The summed E-state index contributed by atoms with van der Waals surface area (Å²) < 4.78 is 40.5. The van der Waals surface area contributed by atoms with E-state index in [0.717, 1.165) is 16.1 Å². The van der Waals surface area contributed by atoms with Crippen LogP contribution in [0.15, 0.2) is 58.5 Å². The van der Waals surface area contributed by atoms with Gasteiger partial charge in [0.2, 0.25) is 0 Å². The van der Waals surface area contributed by atoms with Gasteiger partial charge >= 0.3 is 6.18 Å². The first-order chi connectivity index (χ1) is 13.3. The Kier molecular flexibility index (Phi) is 6.08. The molecule has 3 rings (SSSR count). The van der Waals surface area contributed by atoms with E-state index in [1.165, 1.54) is 29.7 Å². The number of anilines is 1. The fraction of sp³-hybridized carbons (Fsp3) is 0.0526. The lowest BCUT2D eigenvalue weighted by atomic mass is 10.1. The largest absolute Gasteiger partial charge is 0.418 e. The molecule has 1 heterocycles. The third-order valence-electron chi connectivity index (χ3n) is 3.65. The molecule has 0 bridgehead atoms. The lowest BCUT2D eigenvalue weighted by Gasteiger charge is -2.13. The summed E-state index contributed by atoms with van der Waals surface area (Å²) in [5.74, 6) is 0. The molecule has 0 atom stereocenters. The zero-order chi connectivity index (χ0) is 20.3. The number of benzene rings is 2. The number of allylic oxidation sites excluding steroid dienone is 1. The molecule has 28 heavy (non-hydrogen) atoms. The first-order valence-corrected chi connectivity index (χ1v) is 9.78. The summed E-state index contributed by atoms with van der Waals surface area (Å²) in [6, 6.07) is 12.8. The summed E-state index contributed by atoms with van der Waals surface area (Å²) in [6.07, 6.45) is -3.37. The van der Waals surface area contributed by atoms with Crippen LogP contribution in [0.5, 0.6) is 0 Å².